The summed E-state index contributed by atoms with van der Waals surface area (Å²) in [5, 5.41) is 5.17. The fraction of sp³-hybridized carbons (Fsp3) is 0.0714. The largest absolute Gasteiger partial charge is 0.350 e. The molecule has 1 aliphatic rings. The number of nitrogens with zero attached hydrogens (tertiary/aromatic N) is 1. The number of halogens is 1. The van der Waals surface area contributed by atoms with Crippen LogP contribution in [0.5, 0.6) is 0 Å². The lowest BCUT2D eigenvalue weighted by molar-refractivity contribution is -0.120. The molecule has 5 heteroatoms. The lowest BCUT2D eigenvalue weighted by Gasteiger charge is -2.18. The van der Waals surface area contributed by atoms with Crippen LogP contribution in [0.15, 0.2) is 90.6 Å². The number of aryl methyl sites for hydroxylation is 2. The Labute approximate surface area is 191 Å². The van der Waals surface area contributed by atoms with Crippen LogP contribution in [-0.2, 0) is 9.59 Å². The molecule has 0 bridgehead atoms. The highest BCUT2D eigenvalue weighted by Crippen LogP contribution is 2.36. The Bertz CT molecular complexity index is 1450. The van der Waals surface area contributed by atoms with E-state index < -0.39 is 17.6 Å². The van der Waals surface area contributed by atoms with Crippen LogP contribution >= 0.6 is 0 Å². The van der Waals surface area contributed by atoms with Crippen LogP contribution in [0.4, 0.5) is 15.8 Å². The van der Waals surface area contributed by atoms with Gasteiger partial charge in [0.25, 0.3) is 11.8 Å². The zero-order valence-corrected chi connectivity index (χ0v) is 18.2. The smallest absolute Gasteiger partial charge is 0.282 e. The molecule has 5 rings (SSSR count). The predicted octanol–water partition coefficient (Wildman–Crippen LogP) is 5.99. The van der Waals surface area contributed by atoms with Crippen molar-refractivity contribution in [3.63, 3.8) is 0 Å². The zero-order chi connectivity index (χ0) is 23.1. The molecule has 2 amide bonds. The van der Waals surface area contributed by atoms with Gasteiger partial charge in [0.05, 0.1) is 11.3 Å². The monoisotopic (exact) mass is 436 g/mol. The third-order valence-corrected chi connectivity index (χ3v) is 5.87. The highest BCUT2D eigenvalue weighted by atomic mass is 19.1. The number of hydrogen-bond donors (Lipinski definition) is 1. The summed E-state index contributed by atoms with van der Waals surface area (Å²) in [6.07, 6.45) is 0. The number of benzene rings is 4. The first-order valence-electron chi connectivity index (χ1n) is 10.6. The molecule has 4 nitrogen and oxygen atoms in total. The Morgan fingerprint density at radius 2 is 1.52 bits per heavy atom. The lowest BCUT2D eigenvalue weighted by atomic mass is 10.0. The fourth-order valence-corrected chi connectivity index (χ4v) is 4.18. The van der Waals surface area contributed by atoms with Gasteiger partial charge in [0.15, 0.2) is 0 Å². The van der Waals surface area contributed by atoms with E-state index in [1.165, 1.54) is 29.2 Å². The highest BCUT2D eigenvalue weighted by Gasteiger charge is 2.41. The molecule has 1 N–H and O–H groups in total. The SMILES string of the molecule is Cc1ccc(C)c(N2C(=O)C(Nc3cccc4ccccc34)=C(c3ccc(F)cc3)C2=O)c1. The number of hydrogen-bond acceptors (Lipinski definition) is 3. The third-order valence-electron chi connectivity index (χ3n) is 5.87. The van der Waals surface area contributed by atoms with Gasteiger partial charge < -0.3 is 5.32 Å². The van der Waals surface area contributed by atoms with Gasteiger partial charge in [-0.3, -0.25) is 9.59 Å². The Hall–Kier alpha value is -4.25. The van der Waals surface area contributed by atoms with Gasteiger partial charge in [-0.1, -0.05) is 60.7 Å². The Kier molecular flexibility index (Phi) is 5.02. The molecule has 1 aliphatic heterocycles. The predicted molar refractivity (Wildman–Crippen MR) is 129 cm³/mol. The molecule has 1 heterocycles. The minimum absolute atomic E-state index is 0.170. The summed E-state index contributed by atoms with van der Waals surface area (Å²) in [7, 11) is 0. The van der Waals surface area contributed by atoms with Crippen molar-refractivity contribution in [2.24, 2.45) is 0 Å². The minimum Gasteiger partial charge on any atom is -0.350 e. The van der Waals surface area contributed by atoms with Crippen molar-refractivity contribution in [1.29, 1.82) is 0 Å². The van der Waals surface area contributed by atoms with Gasteiger partial charge >= 0.3 is 0 Å². The number of imide groups is 1. The third kappa shape index (κ3) is 3.57. The lowest BCUT2D eigenvalue weighted by Crippen LogP contribution is -2.33. The number of carbonyl (C=O) groups is 2. The van der Waals surface area contributed by atoms with E-state index in [4.69, 9.17) is 0 Å². The van der Waals surface area contributed by atoms with Crippen molar-refractivity contribution in [2.45, 2.75) is 13.8 Å². The average Bonchev–Trinajstić information content (AvgIpc) is 3.05. The highest BCUT2D eigenvalue weighted by molar-refractivity contribution is 6.46. The molecule has 0 spiro atoms. The van der Waals surface area contributed by atoms with E-state index in [2.05, 4.69) is 5.32 Å². The molecule has 0 aliphatic carbocycles. The van der Waals surface area contributed by atoms with E-state index in [9.17, 15) is 14.0 Å². The number of fused-ring (bicyclic) bond motifs is 1. The van der Waals surface area contributed by atoms with Crippen molar-refractivity contribution in [3.05, 3.63) is 113 Å². The topological polar surface area (TPSA) is 49.4 Å². The Balaban J connectivity index is 1.68. The number of nitrogens with one attached hydrogen (secondary N) is 1. The molecule has 0 fully saturated rings. The van der Waals surface area contributed by atoms with Crippen LogP contribution in [0.3, 0.4) is 0 Å². The quantitative estimate of drug-likeness (QED) is 0.400. The average molecular weight is 436 g/mol. The maximum absolute atomic E-state index is 13.7. The van der Waals surface area contributed by atoms with Gasteiger partial charge in [0.2, 0.25) is 0 Å². The molecular weight excluding hydrogens is 415 g/mol. The number of carbonyl (C=O) groups excluding carboxylic acids is 2. The van der Waals surface area contributed by atoms with E-state index in [-0.39, 0.29) is 11.3 Å². The molecule has 4 aromatic rings. The van der Waals surface area contributed by atoms with Gasteiger partial charge in [-0.15, -0.1) is 0 Å². The van der Waals surface area contributed by atoms with Gasteiger partial charge in [-0.2, -0.15) is 0 Å². The van der Waals surface area contributed by atoms with E-state index >= 15 is 0 Å². The van der Waals surface area contributed by atoms with Crippen LogP contribution in [0, 0.1) is 19.7 Å². The second-order valence-corrected chi connectivity index (χ2v) is 8.14. The van der Waals surface area contributed by atoms with Gasteiger partial charge in [0.1, 0.15) is 11.5 Å². The summed E-state index contributed by atoms with van der Waals surface area (Å²) in [4.78, 5) is 28.5. The second-order valence-electron chi connectivity index (χ2n) is 8.14. The van der Waals surface area contributed by atoms with Crippen molar-refractivity contribution in [3.8, 4) is 0 Å². The van der Waals surface area contributed by atoms with Crippen LogP contribution in [-0.4, -0.2) is 11.8 Å². The molecule has 4 aromatic carbocycles. The molecular formula is C28H21FN2O2. The fourth-order valence-electron chi connectivity index (χ4n) is 4.18. The summed E-state index contributed by atoms with van der Waals surface area (Å²) in [6, 6.07) is 24.8. The molecule has 0 saturated carbocycles. The van der Waals surface area contributed by atoms with Crippen LogP contribution < -0.4 is 10.2 Å². The first-order chi connectivity index (χ1) is 15.9. The van der Waals surface area contributed by atoms with E-state index in [0.29, 0.717) is 16.9 Å². The molecule has 0 atom stereocenters. The number of amides is 2. The van der Waals surface area contributed by atoms with Crippen molar-refractivity contribution in [2.75, 3.05) is 10.2 Å². The van der Waals surface area contributed by atoms with Gasteiger partial charge in [-0.05, 0) is 60.2 Å². The van der Waals surface area contributed by atoms with Crippen LogP contribution in [0.1, 0.15) is 16.7 Å². The number of rotatable bonds is 4. The summed E-state index contributed by atoms with van der Waals surface area (Å²) >= 11 is 0. The van der Waals surface area contributed by atoms with Crippen LogP contribution in [0.2, 0.25) is 0 Å². The van der Waals surface area contributed by atoms with Gasteiger partial charge in [-0.25, -0.2) is 9.29 Å². The van der Waals surface area contributed by atoms with Crippen molar-refractivity contribution >= 4 is 39.5 Å². The van der Waals surface area contributed by atoms with E-state index in [1.807, 2.05) is 74.5 Å². The standard InChI is InChI=1S/C28H21FN2O2/c1-17-10-11-18(2)24(16-17)31-27(32)25(20-12-14-21(29)15-13-20)26(28(31)33)30-23-9-5-7-19-6-3-4-8-22(19)23/h3-16,30H,1-2H3. The summed E-state index contributed by atoms with van der Waals surface area (Å²) in [5.41, 5.74) is 3.87. The van der Waals surface area contributed by atoms with Gasteiger partial charge in [0, 0.05) is 11.1 Å². The first-order valence-corrected chi connectivity index (χ1v) is 10.6. The molecule has 0 aromatic heterocycles. The first kappa shape index (κ1) is 20.6. The Morgan fingerprint density at radius 3 is 2.30 bits per heavy atom. The van der Waals surface area contributed by atoms with E-state index in [1.54, 1.807) is 0 Å². The second kappa shape index (κ2) is 8.02. The molecule has 0 saturated heterocycles. The normalized spacial score (nSPS) is 13.8. The molecule has 33 heavy (non-hydrogen) atoms. The summed E-state index contributed by atoms with van der Waals surface area (Å²) < 4.78 is 13.6. The maximum Gasteiger partial charge on any atom is 0.282 e. The number of anilines is 2. The zero-order valence-electron chi connectivity index (χ0n) is 18.2. The Morgan fingerprint density at radius 1 is 0.788 bits per heavy atom. The minimum atomic E-state index is -0.444. The van der Waals surface area contributed by atoms with E-state index in [0.717, 1.165) is 21.9 Å². The van der Waals surface area contributed by atoms with Crippen molar-refractivity contribution < 1.29 is 14.0 Å². The van der Waals surface area contributed by atoms with Crippen molar-refractivity contribution in [1.82, 2.24) is 0 Å². The molecule has 0 radical (unpaired) electrons. The molecule has 0 unspecified atom stereocenters. The maximum atomic E-state index is 13.7. The summed E-state index contributed by atoms with van der Waals surface area (Å²) in [6.45, 7) is 3.78. The summed E-state index contributed by atoms with van der Waals surface area (Å²) in [5.74, 6) is -1.30. The van der Waals surface area contributed by atoms with Crippen LogP contribution in [0.25, 0.3) is 16.3 Å². The molecule has 162 valence electrons.